The predicted molar refractivity (Wildman–Crippen MR) is 270 cm³/mol. The van der Waals surface area contributed by atoms with E-state index in [9.17, 15) is 46.9 Å². The van der Waals surface area contributed by atoms with Gasteiger partial charge in [-0.15, -0.1) is 0 Å². The third kappa shape index (κ3) is 21.6. The molecule has 0 aromatic heterocycles. The first-order chi connectivity index (χ1) is 32.9. The second-order valence-electron chi connectivity index (χ2n) is 18.3. The quantitative estimate of drug-likeness (QED) is 0.0423. The van der Waals surface area contributed by atoms with Crippen LogP contribution in [0.5, 0.6) is 11.5 Å². The number of rotatable bonds is 26. The summed E-state index contributed by atoms with van der Waals surface area (Å²) in [5.41, 5.74) is 0.460. The number of carbonyl (C=O) groups excluding carboxylic acids is 2. The number of aliphatic hydroxyl groups excluding tert-OH is 2. The Labute approximate surface area is 424 Å². The van der Waals surface area contributed by atoms with Gasteiger partial charge in [-0.05, 0) is 109 Å². The summed E-state index contributed by atoms with van der Waals surface area (Å²) >= 11 is 0. The molecule has 0 bridgehead atoms. The summed E-state index contributed by atoms with van der Waals surface area (Å²) in [4.78, 5) is 22.7. The van der Waals surface area contributed by atoms with Crippen molar-refractivity contribution in [1.29, 1.82) is 10.5 Å². The molecule has 6 atom stereocenters. The summed E-state index contributed by atoms with van der Waals surface area (Å²) in [6, 6.07) is 29.4. The van der Waals surface area contributed by atoms with Crippen molar-refractivity contribution in [1.82, 2.24) is 32.4 Å². The van der Waals surface area contributed by atoms with Crippen LogP contribution >= 0.6 is 0 Å². The molecule has 4 aromatic rings. The number of hydrogen-bond acceptors (Lipinski definition) is 14. The smallest absolute Gasteiger partial charge is 0.240 e. The van der Waals surface area contributed by atoms with E-state index in [2.05, 4.69) is 32.2 Å². The molecule has 0 heterocycles. The van der Waals surface area contributed by atoms with E-state index in [1.807, 2.05) is 39.8 Å². The fourth-order valence-corrected chi connectivity index (χ4v) is 10.3. The Morgan fingerprint density at radius 2 is 0.875 bits per heavy atom. The van der Waals surface area contributed by atoms with Gasteiger partial charge in [0.1, 0.15) is 23.7 Å². The second kappa shape index (κ2) is 29.9. The normalized spacial score (nSPS) is 14.0. The van der Waals surface area contributed by atoms with Crippen molar-refractivity contribution in [3.63, 3.8) is 0 Å². The average Bonchev–Trinajstić information content (AvgIpc) is 3.31. The highest BCUT2D eigenvalue weighted by atomic mass is 32.2. The molecule has 0 aliphatic carbocycles. The first-order valence-corrected chi connectivity index (χ1v) is 25.4. The summed E-state index contributed by atoms with van der Waals surface area (Å²) in [6.07, 6.45) is -4.01. The van der Waals surface area contributed by atoms with E-state index in [0.717, 1.165) is 11.1 Å². The molecule has 20 nitrogen and oxygen atoms in total. The number of benzene rings is 4. The van der Waals surface area contributed by atoms with Crippen LogP contribution in [-0.2, 0) is 32.9 Å². The molecule has 0 spiro atoms. The summed E-state index contributed by atoms with van der Waals surface area (Å²) in [7, 11) is -5.22. The fraction of sp³-hybridized carbons (Fsp3) is 0.440. The number of amides is 2. The van der Waals surface area contributed by atoms with Gasteiger partial charge in [0.2, 0.25) is 20.0 Å². The number of nitriles is 2. The van der Waals surface area contributed by atoms with Crippen molar-refractivity contribution < 1.29 is 56.3 Å². The number of hydrogen-bond donors (Lipinski definition) is 8. The van der Waals surface area contributed by atoms with E-state index in [1.165, 1.54) is 62.8 Å². The summed E-state index contributed by atoms with van der Waals surface area (Å²) in [5.74, 6) is 0.971. The van der Waals surface area contributed by atoms with Crippen LogP contribution in [0.3, 0.4) is 0 Å². The number of methoxy groups -OCH3 is 2. The number of ether oxygens (including phenoxy) is 2. The highest BCUT2D eigenvalue weighted by Gasteiger charge is 2.37. The van der Waals surface area contributed by atoms with Gasteiger partial charge < -0.3 is 62.4 Å². The van der Waals surface area contributed by atoms with Gasteiger partial charge >= 0.3 is 0 Å². The molecular weight excluding hydrogens is 969 g/mol. The van der Waals surface area contributed by atoms with E-state index in [1.54, 1.807) is 48.5 Å². The zero-order valence-electron chi connectivity index (χ0n) is 42.2. The predicted octanol–water partition coefficient (Wildman–Crippen LogP) is 4.69. The molecule has 4 rings (SSSR count). The molecule has 0 saturated heterocycles. The summed E-state index contributed by atoms with van der Waals surface area (Å²) in [5, 5.41) is 67.8. The zero-order chi connectivity index (χ0) is 52.1. The first-order valence-electron chi connectivity index (χ1n) is 22.4. The van der Waals surface area contributed by atoms with Crippen LogP contribution in [0.1, 0.15) is 77.3 Å². The minimum atomic E-state index is -4.08. The third-order valence-corrected chi connectivity index (χ3v) is 14.6. The van der Waals surface area contributed by atoms with Crippen molar-refractivity contribution in [3.8, 4) is 23.6 Å². The van der Waals surface area contributed by atoms with Gasteiger partial charge in [-0.3, -0.25) is 0 Å². The van der Waals surface area contributed by atoms with Crippen LogP contribution < -0.4 is 52.1 Å². The lowest BCUT2D eigenvalue weighted by Crippen LogP contribution is -2.57. The maximum absolute atomic E-state index is 13.2. The number of aliphatic hydroxyl groups is 2. The molecule has 2 unspecified atom stereocenters. The molecule has 0 aliphatic rings. The number of nitrogens with one attached hydrogen (secondary N) is 4. The number of carboxylic acid groups (broad SMARTS) is 2. The van der Waals surface area contributed by atoms with E-state index >= 15 is 0 Å². The molecule has 4 aromatic carbocycles. The Bertz CT molecular complexity index is 2380. The van der Waals surface area contributed by atoms with E-state index in [4.69, 9.17) is 20.0 Å². The fourth-order valence-electron chi connectivity index (χ4n) is 7.81. The van der Waals surface area contributed by atoms with E-state index in [0.29, 0.717) is 24.3 Å². The number of sulfonamides is 2. The zero-order valence-corrected chi connectivity index (χ0v) is 43.8. The number of carbonyl (C=O) groups is 2. The highest BCUT2D eigenvalue weighted by molar-refractivity contribution is 7.89. The van der Waals surface area contributed by atoms with E-state index in [-0.39, 0.29) is 60.6 Å². The van der Waals surface area contributed by atoms with Gasteiger partial charge in [-0.25, -0.2) is 26.3 Å². The highest BCUT2D eigenvalue weighted by Crippen LogP contribution is 2.32. The maximum Gasteiger partial charge on any atom is 0.240 e. The van der Waals surface area contributed by atoms with Gasteiger partial charge in [0.25, 0.3) is 0 Å². The minimum Gasteiger partial charge on any atom is -0.530 e. The molecule has 0 fully saturated rings. The lowest BCUT2D eigenvalue weighted by atomic mass is 9.79. The SMILES string of the molecule is COc1ccc(S(=O)(=O)NC(CC(C)(C)CCC#N)[C@H](O)[C@H](Cc2ccccc2)NC(=O)[O-])cc1.COc1ccc(S(=O)(=O)NC(CC(C)(C)CCC#N)[C@H](O)[C@H](Cc2ccccc2)NC(=O)[O-])cc1.[NH4+].[NH4+]. The van der Waals surface area contributed by atoms with Crippen LogP contribution in [0.2, 0.25) is 0 Å². The standard InChI is InChI=1S/2C25H33N3O6S.2H3N/c2*1-25(2,14-7-15-26)17-22(28-35(32,33)20-12-10-19(34-3)11-13-20)23(29)21(27-24(30)31)16-18-8-5-4-6-9-18;;/h2*4-6,8-13,21-23,27-29H,7,14,16-17H2,1-3H3,(H,30,31);2*1H3/t2*21-,22?,23+;;/m00../s1. The van der Waals surface area contributed by atoms with Crippen molar-refractivity contribution in [2.45, 2.75) is 125 Å². The molecule has 0 aliphatic heterocycles. The largest absolute Gasteiger partial charge is 0.530 e. The number of nitrogens with zero attached hydrogens (tertiary/aromatic N) is 2. The molecule has 0 saturated carbocycles. The van der Waals surface area contributed by atoms with Crippen LogP contribution in [0.15, 0.2) is 119 Å². The second-order valence-corrected chi connectivity index (χ2v) is 21.7. The van der Waals surface area contributed by atoms with Crippen molar-refractivity contribution in [2.75, 3.05) is 14.2 Å². The Morgan fingerprint density at radius 1 is 0.569 bits per heavy atom. The molecule has 2 amide bonds. The first kappa shape index (κ1) is 63.7. The van der Waals surface area contributed by atoms with Gasteiger partial charge in [-0.1, -0.05) is 88.4 Å². The van der Waals surface area contributed by atoms with Gasteiger partial charge in [0, 0.05) is 12.8 Å². The van der Waals surface area contributed by atoms with Crippen molar-refractivity contribution in [3.05, 3.63) is 120 Å². The Balaban J connectivity index is 0.000000701. The third-order valence-electron chi connectivity index (χ3n) is 11.6. The van der Waals surface area contributed by atoms with Crippen molar-refractivity contribution >= 4 is 32.2 Å². The van der Waals surface area contributed by atoms with Gasteiger partial charge in [0.15, 0.2) is 0 Å². The van der Waals surface area contributed by atoms with Gasteiger partial charge in [-0.2, -0.15) is 10.5 Å². The Kier molecular flexibility index (Phi) is 26.4. The molecular formula is C50H72N8O12S2. The summed E-state index contributed by atoms with van der Waals surface area (Å²) in [6.45, 7) is 7.46. The van der Waals surface area contributed by atoms with Gasteiger partial charge in [0.05, 0.1) is 72.5 Å². The Morgan fingerprint density at radius 3 is 1.14 bits per heavy atom. The Hall–Kier alpha value is -6.34. The molecule has 14 N–H and O–H groups in total. The molecule has 22 heteroatoms. The lowest BCUT2D eigenvalue weighted by molar-refractivity contribution is -0.253. The van der Waals surface area contributed by atoms with Crippen molar-refractivity contribution in [2.24, 2.45) is 10.8 Å². The van der Waals surface area contributed by atoms with E-state index < -0.39 is 79.4 Å². The summed E-state index contributed by atoms with van der Waals surface area (Å²) < 4.78 is 68.0. The lowest BCUT2D eigenvalue weighted by Gasteiger charge is -2.36. The van der Waals surface area contributed by atoms with Crippen LogP contribution in [0, 0.1) is 33.5 Å². The minimum absolute atomic E-state index is 0. The molecule has 0 radical (unpaired) electrons. The molecule has 72 heavy (non-hydrogen) atoms. The van der Waals surface area contributed by atoms with Crippen LogP contribution in [0.25, 0.3) is 0 Å². The average molecular weight is 1040 g/mol. The van der Waals surface area contributed by atoms with Crippen LogP contribution in [0.4, 0.5) is 9.59 Å². The maximum atomic E-state index is 13.2. The van der Waals surface area contributed by atoms with Crippen LogP contribution in [-0.4, -0.2) is 89.8 Å². The number of quaternary nitrogens is 2. The molecule has 396 valence electrons. The topological polar surface area (TPSA) is 376 Å². The monoisotopic (exact) mass is 1040 g/mol.